The first-order chi connectivity index (χ1) is 19.2. The molecule has 1 aliphatic heterocycles. The van der Waals surface area contributed by atoms with Gasteiger partial charge in [-0.15, -0.1) is 0 Å². The second-order valence-corrected chi connectivity index (χ2v) is 18.0. The van der Waals surface area contributed by atoms with Crippen LogP contribution in [0.5, 0.6) is 0 Å². The van der Waals surface area contributed by atoms with Crippen LogP contribution in [0.3, 0.4) is 0 Å². The Kier molecular flexibility index (Phi) is 12.6. The molecule has 0 aromatic heterocycles. The third-order valence-electron chi connectivity index (χ3n) is 9.27. The van der Waals surface area contributed by atoms with Crippen molar-refractivity contribution in [3.63, 3.8) is 0 Å². The van der Waals surface area contributed by atoms with Crippen molar-refractivity contribution in [2.75, 3.05) is 34.2 Å². The number of likely N-dealkylation sites (tertiary alicyclic amines) is 1. The Balaban J connectivity index is 2.29. The molecule has 5 atom stereocenters. The van der Waals surface area contributed by atoms with E-state index in [-0.39, 0.29) is 35.8 Å². The summed E-state index contributed by atoms with van der Waals surface area (Å²) < 4.78 is 23.8. The molecule has 41 heavy (non-hydrogen) atoms. The van der Waals surface area contributed by atoms with Gasteiger partial charge in [-0.25, -0.2) is 4.79 Å². The van der Waals surface area contributed by atoms with Crippen LogP contribution < -0.4 is 0 Å². The van der Waals surface area contributed by atoms with Crippen LogP contribution in [0.4, 0.5) is 0 Å². The number of methoxy groups -OCH3 is 1. The second kappa shape index (κ2) is 14.6. The van der Waals surface area contributed by atoms with Gasteiger partial charge in [0.05, 0.1) is 25.2 Å². The molecule has 1 aliphatic rings. The van der Waals surface area contributed by atoms with E-state index in [2.05, 4.69) is 41.5 Å². The van der Waals surface area contributed by atoms with E-state index >= 15 is 0 Å². The first-order valence-corrected chi connectivity index (χ1v) is 16.9. The summed E-state index contributed by atoms with van der Waals surface area (Å²) in [6.45, 7) is 15.9. The maximum absolute atomic E-state index is 13.9. The van der Waals surface area contributed by atoms with Crippen molar-refractivity contribution < 1.29 is 38.4 Å². The minimum absolute atomic E-state index is 0.0913. The smallest absolute Gasteiger partial charge is 0.339 e. The second-order valence-electron chi connectivity index (χ2n) is 12.5. The van der Waals surface area contributed by atoms with Crippen molar-refractivity contribution in [1.82, 2.24) is 4.90 Å². The lowest BCUT2D eigenvalue weighted by molar-refractivity contribution is -0.207. The SMILES string of the molecule is CO[C@@H](C[C@@H](C)COCc1ccccc1)[C@]1(O)[C@@H](C)C(=O)N(C)[C@]1(CO)C(=O)OCO[Si](C(C)C)(C(C)C)C(C)C. The molecular weight excluding hydrogens is 542 g/mol. The highest BCUT2D eigenvalue weighted by molar-refractivity contribution is 6.77. The van der Waals surface area contributed by atoms with Gasteiger partial charge in [0.15, 0.2) is 12.3 Å². The highest BCUT2D eigenvalue weighted by Gasteiger charge is 2.73. The monoisotopic (exact) mass is 595 g/mol. The van der Waals surface area contributed by atoms with Crippen LogP contribution in [-0.4, -0.2) is 86.7 Å². The highest BCUT2D eigenvalue weighted by atomic mass is 28.4. The first kappa shape index (κ1) is 35.4. The molecule has 1 heterocycles. The quantitative estimate of drug-likeness (QED) is 0.163. The summed E-state index contributed by atoms with van der Waals surface area (Å²) >= 11 is 0. The van der Waals surface area contributed by atoms with Crippen LogP contribution in [0.15, 0.2) is 30.3 Å². The Morgan fingerprint density at radius 3 is 2.10 bits per heavy atom. The number of rotatable bonds is 16. The maximum Gasteiger partial charge on any atom is 0.339 e. The minimum Gasteiger partial charge on any atom is -0.438 e. The fourth-order valence-corrected chi connectivity index (χ4v) is 12.3. The lowest BCUT2D eigenvalue weighted by atomic mass is 9.70. The zero-order valence-corrected chi connectivity index (χ0v) is 27.7. The number of esters is 1. The van der Waals surface area contributed by atoms with Gasteiger partial charge in [0.2, 0.25) is 14.2 Å². The number of likely N-dealkylation sites (N-methyl/N-ethyl adjacent to an activating group) is 1. The van der Waals surface area contributed by atoms with E-state index in [0.29, 0.717) is 13.2 Å². The van der Waals surface area contributed by atoms with Gasteiger partial charge in [0, 0.05) is 20.8 Å². The molecule has 234 valence electrons. The average Bonchev–Trinajstić information content (AvgIpc) is 3.07. The van der Waals surface area contributed by atoms with Crippen LogP contribution >= 0.6 is 0 Å². The summed E-state index contributed by atoms with van der Waals surface area (Å²) in [6, 6.07) is 9.80. The molecule has 9 nitrogen and oxygen atoms in total. The normalized spacial score (nSPS) is 24.9. The molecule has 1 amide bonds. The molecule has 2 rings (SSSR count). The Morgan fingerprint density at radius 2 is 1.61 bits per heavy atom. The van der Waals surface area contributed by atoms with Crippen LogP contribution in [0, 0.1) is 11.8 Å². The van der Waals surface area contributed by atoms with Crippen molar-refractivity contribution in [2.45, 2.75) is 102 Å². The van der Waals surface area contributed by atoms with Gasteiger partial charge in [-0.2, -0.15) is 0 Å². The molecule has 0 unspecified atom stereocenters. The molecular formula is C31H53NO8Si. The summed E-state index contributed by atoms with van der Waals surface area (Å²) in [7, 11) is 0.480. The lowest BCUT2D eigenvalue weighted by Gasteiger charge is -2.47. The van der Waals surface area contributed by atoms with Gasteiger partial charge in [0.1, 0.15) is 5.60 Å². The van der Waals surface area contributed by atoms with E-state index in [4.69, 9.17) is 18.6 Å². The van der Waals surface area contributed by atoms with Crippen molar-refractivity contribution in [1.29, 1.82) is 0 Å². The van der Waals surface area contributed by atoms with Crippen molar-refractivity contribution in [2.24, 2.45) is 11.8 Å². The Hall–Kier alpha value is -1.82. The van der Waals surface area contributed by atoms with E-state index in [1.807, 2.05) is 37.3 Å². The molecule has 0 aliphatic carbocycles. The molecule has 0 spiro atoms. The van der Waals surface area contributed by atoms with Crippen LogP contribution in [0.25, 0.3) is 0 Å². The summed E-state index contributed by atoms with van der Waals surface area (Å²) in [4.78, 5) is 28.3. The van der Waals surface area contributed by atoms with E-state index in [1.165, 1.54) is 14.2 Å². The number of ether oxygens (including phenoxy) is 3. The van der Waals surface area contributed by atoms with Gasteiger partial charge in [-0.3, -0.25) is 4.79 Å². The third-order valence-corrected chi connectivity index (χ3v) is 15.3. The van der Waals surface area contributed by atoms with Crippen molar-refractivity contribution in [3.8, 4) is 0 Å². The third kappa shape index (κ3) is 6.57. The average molecular weight is 596 g/mol. The number of hydrogen-bond donors (Lipinski definition) is 2. The number of hydrogen-bond acceptors (Lipinski definition) is 8. The maximum atomic E-state index is 13.9. The predicted molar refractivity (Wildman–Crippen MR) is 160 cm³/mol. The number of benzene rings is 1. The Bertz CT molecular complexity index is 968. The zero-order chi connectivity index (χ0) is 31.2. The topological polar surface area (TPSA) is 115 Å². The largest absolute Gasteiger partial charge is 0.438 e. The Labute approximate surface area is 247 Å². The van der Waals surface area contributed by atoms with Crippen LogP contribution in [-0.2, 0) is 34.8 Å². The van der Waals surface area contributed by atoms with E-state index in [0.717, 1.165) is 10.5 Å². The summed E-state index contributed by atoms with van der Waals surface area (Å²) in [5.74, 6) is -2.53. The fourth-order valence-electron chi connectivity index (χ4n) is 7.08. The van der Waals surface area contributed by atoms with Crippen LogP contribution in [0.1, 0.15) is 67.4 Å². The van der Waals surface area contributed by atoms with E-state index in [9.17, 15) is 19.8 Å². The molecule has 10 heteroatoms. The lowest BCUT2D eigenvalue weighted by Crippen LogP contribution is -2.71. The van der Waals surface area contributed by atoms with E-state index < -0.39 is 50.0 Å². The van der Waals surface area contributed by atoms with Gasteiger partial charge < -0.3 is 33.7 Å². The highest BCUT2D eigenvalue weighted by Crippen LogP contribution is 2.48. The molecule has 1 aromatic rings. The van der Waals surface area contributed by atoms with Gasteiger partial charge in [-0.1, -0.05) is 85.7 Å². The van der Waals surface area contributed by atoms with Crippen molar-refractivity contribution >= 4 is 20.2 Å². The molecule has 0 saturated carbocycles. The molecule has 2 N–H and O–H groups in total. The number of carbonyl (C=O) groups excluding carboxylic acids is 2. The molecule has 1 fully saturated rings. The van der Waals surface area contributed by atoms with E-state index in [1.54, 1.807) is 6.92 Å². The number of amides is 1. The number of nitrogens with zero attached hydrogens (tertiary/aromatic N) is 1. The molecule has 1 aromatic carbocycles. The predicted octanol–water partition coefficient (Wildman–Crippen LogP) is 4.51. The molecule has 0 bridgehead atoms. The standard InChI is InChI=1S/C31H53NO8Si/c1-21(2)41(22(3)4,23(5)6)40-20-39-29(35)30(19-33)31(36,25(8)28(34)32(30)9)27(37-10)16-24(7)17-38-18-26-14-12-11-13-15-26/h11-15,21-25,27,33,36H,16-20H2,1-10H3/t24-,25+,27+,30-,31-/m1/s1. The van der Waals surface area contributed by atoms with Gasteiger partial charge in [-0.05, 0) is 34.5 Å². The Morgan fingerprint density at radius 1 is 1.05 bits per heavy atom. The van der Waals surface area contributed by atoms with Gasteiger partial charge in [0.25, 0.3) is 0 Å². The first-order valence-electron chi connectivity index (χ1n) is 14.7. The summed E-state index contributed by atoms with van der Waals surface area (Å²) in [6.07, 6.45) is -0.694. The zero-order valence-electron chi connectivity index (χ0n) is 26.7. The number of carbonyl (C=O) groups is 2. The number of aliphatic hydroxyl groups is 2. The summed E-state index contributed by atoms with van der Waals surface area (Å²) in [5.41, 5.74) is -2.30. The van der Waals surface area contributed by atoms with Crippen molar-refractivity contribution in [3.05, 3.63) is 35.9 Å². The summed E-state index contributed by atoms with van der Waals surface area (Å²) in [5, 5.41) is 23.0. The van der Waals surface area contributed by atoms with Gasteiger partial charge >= 0.3 is 5.97 Å². The van der Waals surface area contributed by atoms with Crippen LogP contribution in [0.2, 0.25) is 16.6 Å². The fraction of sp³-hybridized carbons (Fsp3) is 0.742. The number of aliphatic hydroxyl groups excluding tert-OH is 1. The molecule has 0 radical (unpaired) electrons. The minimum atomic E-state index is -2.36. The molecule has 1 saturated heterocycles.